The van der Waals surface area contributed by atoms with Gasteiger partial charge in [-0.15, -0.1) is 0 Å². The van der Waals surface area contributed by atoms with E-state index in [4.69, 9.17) is 9.84 Å². The molecule has 0 spiro atoms. The van der Waals surface area contributed by atoms with Crippen LogP contribution >= 0.6 is 0 Å². The number of carbonyl (C=O) groups is 1. The van der Waals surface area contributed by atoms with Crippen molar-refractivity contribution < 1.29 is 23.1 Å². The van der Waals surface area contributed by atoms with Crippen LogP contribution in [0.4, 0.5) is 5.69 Å². The molecule has 2 aromatic carbocycles. The number of nitrogens with one attached hydrogen (secondary N) is 1. The highest BCUT2D eigenvalue weighted by Crippen LogP contribution is 2.30. The van der Waals surface area contributed by atoms with E-state index in [9.17, 15) is 13.2 Å². The molecule has 0 unspecified atom stereocenters. The Labute approximate surface area is 160 Å². The highest BCUT2D eigenvalue weighted by molar-refractivity contribution is 7.92. The van der Waals surface area contributed by atoms with E-state index >= 15 is 0 Å². The minimum absolute atomic E-state index is 0.0760. The molecule has 0 heterocycles. The average Bonchev–Trinajstić information content (AvgIpc) is 2.62. The molecule has 0 saturated heterocycles. The van der Waals surface area contributed by atoms with Crippen LogP contribution in [0.2, 0.25) is 0 Å². The fourth-order valence-electron chi connectivity index (χ4n) is 2.43. The third-order valence-electron chi connectivity index (χ3n) is 4.06. The molecular formula is C20H25NO5S. The van der Waals surface area contributed by atoms with Gasteiger partial charge in [0.15, 0.2) is 0 Å². The monoisotopic (exact) mass is 391 g/mol. The zero-order valence-electron chi connectivity index (χ0n) is 15.7. The van der Waals surface area contributed by atoms with E-state index in [1.54, 1.807) is 12.1 Å². The molecular weight excluding hydrogens is 366 g/mol. The summed E-state index contributed by atoms with van der Waals surface area (Å²) in [6, 6.07) is 10.7. The number of carboxylic acid groups (broad SMARTS) is 1. The maximum atomic E-state index is 12.9. The lowest BCUT2D eigenvalue weighted by Crippen LogP contribution is -2.15. The number of anilines is 1. The number of unbranched alkanes of at least 4 members (excludes halogenated alkanes) is 1. The molecule has 6 nitrogen and oxygen atoms in total. The molecule has 2 rings (SSSR count). The molecule has 7 heteroatoms. The molecule has 0 amide bonds. The van der Waals surface area contributed by atoms with Crippen molar-refractivity contribution in [3.63, 3.8) is 0 Å². The highest BCUT2D eigenvalue weighted by atomic mass is 32.2. The lowest BCUT2D eigenvalue weighted by molar-refractivity contribution is 0.0697. The Bertz CT molecular complexity index is 889. The molecule has 0 saturated carbocycles. The van der Waals surface area contributed by atoms with Crippen LogP contribution in [0.3, 0.4) is 0 Å². The third kappa shape index (κ3) is 5.47. The topological polar surface area (TPSA) is 92.7 Å². The van der Waals surface area contributed by atoms with Crippen LogP contribution in [0.1, 0.15) is 55.5 Å². The Morgan fingerprint density at radius 1 is 1.15 bits per heavy atom. The number of hydrogen-bond donors (Lipinski definition) is 2. The summed E-state index contributed by atoms with van der Waals surface area (Å²) < 4.78 is 34.1. The highest BCUT2D eigenvalue weighted by Gasteiger charge is 2.21. The average molecular weight is 391 g/mol. The Kier molecular flexibility index (Phi) is 6.85. The van der Waals surface area contributed by atoms with Crippen molar-refractivity contribution in [1.29, 1.82) is 0 Å². The number of carboxylic acids is 1. The van der Waals surface area contributed by atoms with Crippen molar-refractivity contribution in [2.45, 2.75) is 44.4 Å². The molecule has 2 aromatic rings. The van der Waals surface area contributed by atoms with E-state index in [1.807, 2.05) is 26.8 Å². The Balaban J connectivity index is 2.36. The summed E-state index contributed by atoms with van der Waals surface area (Å²) in [4.78, 5) is 11.0. The molecule has 0 aliphatic heterocycles. The van der Waals surface area contributed by atoms with Crippen molar-refractivity contribution in [2.75, 3.05) is 11.3 Å². The minimum Gasteiger partial charge on any atom is -0.492 e. The number of benzene rings is 2. The minimum atomic E-state index is -3.89. The normalized spacial score (nSPS) is 11.4. The van der Waals surface area contributed by atoms with Gasteiger partial charge in [-0.1, -0.05) is 33.3 Å². The van der Waals surface area contributed by atoms with Gasteiger partial charge in [0.25, 0.3) is 10.0 Å². The zero-order chi connectivity index (χ0) is 20.0. The zero-order valence-corrected chi connectivity index (χ0v) is 16.5. The van der Waals surface area contributed by atoms with E-state index in [1.165, 1.54) is 24.3 Å². The summed E-state index contributed by atoms with van der Waals surface area (Å²) in [5, 5.41) is 8.95. The summed E-state index contributed by atoms with van der Waals surface area (Å²) in [5.74, 6) is -0.596. The Morgan fingerprint density at radius 2 is 1.81 bits per heavy atom. The summed E-state index contributed by atoms with van der Waals surface area (Å²) in [7, 11) is -3.89. The van der Waals surface area contributed by atoms with Crippen molar-refractivity contribution in [3.05, 3.63) is 53.6 Å². The predicted octanol–water partition coefficient (Wildman–Crippen LogP) is 4.49. The van der Waals surface area contributed by atoms with E-state index in [-0.39, 0.29) is 22.1 Å². The van der Waals surface area contributed by atoms with Gasteiger partial charge in [-0.05, 0) is 54.3 Å². The van der Waals surface area contributed by atoms with Crippen LogP contribution in [-0.2, 0) is 10.0 Å². The molecule has 0 atom stereocenters. The van der Waals surface area contributed by atoms with E-state index in [2.05, 4.69) is 4.72 Å². The largest absolute Gasteiger partial charge is 0.492 e. The molecule has 0 aromatic heterocycles. The molecule has 146 valence electrons. The third-order valence-corrected chi connectivity index (χ3v) is 5.47. The van der Waals surface area contributed by atoms with Gasteiger partial charge < -0.3 is 9.84 Å². The van der Waals surface area contributed by atoms with Crippen molar-refractivity contribution in [3.8, 4) is 5.75 Å². The summed E-state index contributed by atoms with van der Waals surface area (Å²) in [6.45, 7) is 6.45. The van der Waals surface area contributed by atoms with Gasteiger partial charge in [0.05, 0.1) is 12.2 Å². The van der Waals surface area contributed by atoms with Crippen LogP contribution in [0.25, 0.3) is 0 Å². The summed E-state index contributed by atoms with van der Waals surface area (Å²) in [5.41, 5.74) is 1.26. The van der Waals surface area contributed by atoms with Crippen molar-refractivity contribution >= 4 is 21.7 Å². The smallest absolute Gasteiger partial charge is 0.335 e. The predicted molar refractivity (Wildman–Crippen MR) is 105 cm³/mol. The number of sulfonamides is 1. The van der Waals surface area contributed by atoms with Crippen LogP contribution in [0.15, 0.2) is 47.4 Å². The molecule has 27 heavy (non-hydrogen) atoms. The molecule has 2 N–H and O–H groups in total. The van der Waals surface area contributed by atoms with Crippen LogP contribution in [0, 0.1) is 0 Å². The molecule has 0 aliphatic rings. The Morgan fingerprint density at radius 3 is 2.37 bits per heavy atom. The molecule has 0 aliphatic carbocycles. The second-order valence-electron chi connectivity index (χ2n) is 6.55. The lowest BCUT2D eigenvalue weighted by Gasteiger charge is -2.16. The lowest BCUT2D eigenvalue weighted by atomic mass is 10.0. The van der Waals surface area contributed by atoms with Gasteiger partial charge >= 0.3 is 5.97 Å². The fourth-order valence-corrected chi connectivity index (χ4v) is 3.67. The maximum absolute atomic E-state index is 12.9. The van der Waals surface area contributed by atoms with Crippen LogP contribution in [0.5, 0.6) is 5.75 Å². The first-order valence-corrected chi connectivity index (χ1v) is 10.4. The molecule has 0 radical (unpaired) electrons. The number of rotatable bonds is 9. The standard InChI is InChI=1S/C20H25NO5S/c1-4-5-12-26-18-11-8-16(14(2)3)13-19(18)27(24,25)21-17-9-6-15(7-10-17)20(22)23/h6-11,13-14,21H,4-5,12H2,1-3H3,(H,22,23). The van der Waals surface area contributed by atoms with Crippen LogP contribution < -0.4 is 9.46 Å². The number of hydrogen-bond acceptors (Lipinski definition) is 4. The van der Waals surface area contributed by atoms with Gasteiger partial charge in [-0.25, -0.2) is 13.2 Å². The second-order valence-corrected chi connectivity index (χ2v) is 8.20. The van der Waals surface area contributed by atoms with Gasteiger partial charge in [0, 0.05) is 5.69 Å². The summed E-state index contributed by atoms with van der Waals surface area (Å²) in [6.07, 6.45) is 1.77. The van der Waals surface area contributed by atoms with E-state index in [0.717, 1.165) is 18.4 Å². The molecule has 0 bridgehead atoms. The van der Waals surface area contributed by atoms with Crippen molar-refractivity contribution in [2.24, 2.45) is 0 Å². The maximum Gasteiger partial charge on any atom is 0.335 e. The van der Waals surface area contributed by atoms with Gasteiger partial charge in [0.1, 0.15) is 10.6 Å². The van der Waals surface area contributed by atoms with Gasteiger partial charge in [-0.3, -0.25) is 4.72 Å². The Hall–Kier alpha value is -2.54. The first-order valence-electron chi connectivity index (χ1n) is 8.87. The second kappa shape index (κ2) is 8.90. The first kappa shape index (κ1) is 20.8. The summed E-state index contributed by atoms with van der Waals surface area (Å²) >= 11 is 0. The van der Waals surface area contributed by atoms with Gasteiger partial charge in [0.2, 0.25) is 0 Å². The van der Waals surface area contributed by atoms with E-state index in [0.29, 0.717) is 12.4 Å². The fraction of sp³-hybridized carbons (Fsp3) is 0.350. The van der Waals surface area contributed by atoms with E-state index < -0.39 is 16.0 Å². The van der Waals surface area contributed by atoms with Crippen LogP contribution in [-0.4, -0.2) is 26.1 Å². The number of aromatic carboxylic acids is 1. The SMILES string of the molecule is CCCCOc1ccc(C(C)C)cc1S(=O)(=O)Nc1ccc(C(=O)O)cc1. The number of ether oxygens (including phenoxy) is 1. The molecule has 0 fully saturated rings. The van der Waals surface area contributed by atoms with Gasteiger partial charge in [-0.2, -0.15) is 0 Å². The van der Waals surface area contributed by atoms with Crippen molar-refractivity contribution in [1.82, 2.24) is 0 Å². The first-order chi connectivity index (χ1) is 12.7. The quantitative estimate of drug-likeness (QED) is 0.615.